The summed E-state index contributed by atoms with van der Waals surface area (Å²) in [5.74, 6) is -5.15. The first-order chi connectivity index (χ1) is 41.1. The molecule has 0 aromatic heterocycles. The Morgan fingerprint density at radius 2 is 1.31 bits per heavy atom. The van der Waals surface area contributed by atoms with Crippen LogP contribution in [0, 0.1) is 50.2 Å². The summed E-state index contributed by atoms with van der Waals surface area (Å²) in [7, 11) is 1.20. The van der Waals surface area contributed by atoms with E-state index >= 15 is 0 Å². The van der Waals surface area contributed by atoms with Gasteiger partial charge in [-0.2, -0.15) is 0 Å². The van der Waals surface area contributed by atoms with Gasteiger partial charge in [0.05, 0.1) is 50.0 Å². The summed E-state index contributed by atoms with van der Waals surface area (Å²) in [6, 6.07) is 0. The molecule has 8 fully saturated rings. The Hall–Kier alpha value is -3.44. The number of aliphatic hydroxyl groups excluding tert-OH is 12. The Balaban J connectivity index is 1.07. The van der Waals surface area contributed by atoms with Crippen LogP contribution in [0.2, 0.25) is 0 Å². The molecule has 0 unspecified atom stereocenters. The molecule has 0 amide bonds. The minimum absolute atomic E-state index is 0.0385. The van der Waals surface area contributed by atoms with Crippen LogP contribution in [0.4, 0.5) is 0 Å². The molecule has 0 aromatic carbocycles. The van der Waals surface area contributed by atoms with Gasteiger partial charge in [-0.3, -0.25) is 9.59 Å². The third-order valence-corrected chi connectivity index (χ3v) is 22.5. The van der Waals surface area contributed by atoms with E-state index in [1.54, 1.807) is 26.8 Å². The first-order valence-corrected chi connectivity index (χ1v) is 30.4. The molecule has 4 heterocycles. The van der Waals surface area contributed by atoms with Crippen LogP contribution in [0.5, 0.6) is 0 Å². The molecular formula is C60H92O28. The first kappa shape index (κ1) is 68.9. The fraction of sp³-hybridized carbons (Fsp3) is 0.867. The van der Waals surface area contributed by atoms with Crippen molar-refractivity contribution in [1.82, 2.24) is 0 Å². The van der Waals surface area contributed by atoms with Crippen molar-refractivity contribution in [3.63, 3.8) is 0 Å². The van der Waals surface area contributed by atoms with Crippen LogP contribution in [-0.4, -0.2) is 259 Å². The minimum atomic E-state index is -2.31. The van der Waals surface area contributed by atoms with Crippen LogP contribution in [0.1, 0.15) is 107 Å². The number of allylic oxidation sites excluding steroid dienone is 3. The van der Waals surface area contributed by atoms with Crippen LogP contribution in [-0.2, 0) is 71.3 Å². The Bertz CT molecular complexity index is 2620. The van der Waals surface area contributed by atoms with E-state index in [1.807, 2.05) is 13.8 Å². The van der Waals surface area contributed by atoms with Gasteiger partial charge in [-0.05, 0) is 99.7 Å². The monoisotopic (exact) mass is 1260 g/mol. The van der Waals surface area contributed by atoms with Crippen LogP contribution in [0.15, 0.2) is 23.3 Å². The molecule has 500 valence electrons. The van der Waals surface area contributed by atoms with Crippen molar-refractivity contribution >= 4 is 23.9 Å². The lowest BCUT2D eigenvalue weighted by molar-refractivity contribution is -0.399. The van der Waals surface area contributed by atoms with Crippen molar-refractivity contribution < 1.29 is 138 Å². The highest BCUT2D eigenvalue weighted by Crippen LogP contribution is 2.76. The summed E-state index contributed by atoms with van der Waals surface area (Å²) >= 11 is 0. The predicted octanol–water partition coefficient (Wildman–Crippen LogP) is -2.04. The minimum Gasteiger partial charge on any atom is -0.479 e. The smallest absolute Gasteiger partial charge is 0.335 e. The SMILES string of the molecule is C/C=C(/C)C(=O)O[C@H]1[C@H](O)[C@]2(COC(C)=O)[C@H](O)C[C@]3(C)C(=CC[C@H]4[C@@]5(C)CC[C@H](O[C@@H]6O[C@H](C(=O)O)[C@@H](O)[C@H](O[C@@H]7OC[C@H](O)[C@H](O)[C@H]7O[C@@H]7OC[C@@H](O)[C@H](O)[C@H]7O)[C@H]6O[C@@H]6O[C@H](CO)[C@H](O)[C@H](O)[C@H]6O)[C@@](C)(C(=O)OC)[C@@H]5CC[C@]43C)[C@@H]2CC1(C)C. The molecule has 88 heavy (non-hydrogen) atoms. The highest BCUT2D eigenvalue weighted by molar-refractivity contribution is 5.87. The molecule has 28 heteroatoms. The lowest BCUT2D eigenvalue weighted by Crippen LogP contribution is -2.72. The van der Waals surface area contributed by atoms with E-state index in [2.05, 4.69) is 26.8 Å². The first-order valence-electron chi connectivity index (χ1n) is 30.4. The van der Waals surface area contributed by atoms with Crippen molar-refractivity contribution in [3.05, 3.63) is 23.3 Å². The van der Waals surface area contributed by atoms with Gasteiger partial charge in [-0.15, -0.1) is 0 Å². The molecule has 5 aliphatic carbocycles. The van der Waals surface area contributed by atoms with Crippen LogP contribution < -0.4 is 0 Å². The van der Waals surface area contributed by atoms with Crippen molar-refractivity contribution in [1.29, 1.82) is 0 Å². The largest absolute Gasteiger partial charge is 0.479 e. The Kier molecular flexibility index (Phi) is 19.9. The molecule has 0 radical (unpaired) electrons. The molecule has 9 aliphatic rings. The number of hydrogen-bond donors (Lipinski definition) is 13. The summed E-state index contributed by atoms with van der Waals surface area (Å²) < 4.78 is 65.8. The van der Waals surface area contributed by atoms with Crippen molar-refractivity contribution in [3.8, 4) is 0 Å². The van der Waals surface area contributed by atoms with E-state index < -0.39 is 223 Å². The van der Waals surface area contributed by atoms with Gasteiger partial charge in [0.1, 0.15) is 98.2 Å². The van der Waals surface area contributed by atoms with E-state index in [0.717, 1.165) is 5.57 Å². The number of carbonyl (C=O) groups excluding carboxylic acids is 3. The number of methoxy groups -OCH3 is 1. The highest BCUT2D eigenvalue weighted by Gasteiger charge is 2.75. The number of ether oxygens (including phenoxy) is 11. The molecule has 13 N–H and O–H groups in total. The molecular weight excluding hydrogens is 1170 g/mol. The van der Waals surface area contributed by atoms with Gasteiger partial charge in [0.15, 0.2) is 31.3 Å². The average molecular weight is 1260 g/mol. The van der Waals surface area contributed by atoms with Gasteiger partial charge < -0.3 is 118 Å². The van der Waals surface area contributed by atoms with Crippen LogP contribution >= 0.6 is 0 Å². The fourth-order valence-corrected chi connectivity index (χ4v) is 17.2. The number of rotatable bonds is 15. The predicted molar refractivity (Wildman–Crippen MR) is 295 cm³/mol. The van der Waals surface area contributed by atoms with Gasteiger partial charge >= 0.3 is 23.9 Å². The molecule has 9 rings (SSSR count). The third kappa shape index (κ3) is 11.3. The Labute approximate surface area is 509 Å². The number of carbonyl (C=O) groups is 4. The number of hydrogen-bond acceptors (Lipinski definition) is 27. The zero-order valence-electron chi connectivity index (χ0n) is 51.3. The molecule has 4 saturated carbocycles. The lowest BCUT2D eigenvalue weighted by Gasteiger charge is -2.72. The number of fused-ring (bicyclic) bond motifs is 7. The quantitative estimate of drug-likeness (QED) is 0.0276. The van der Waals surface area contributed by atoms with E-state index in [-0.39, 0.29) is 25.4 Å². The second kappa shape index (κ2) is 25.5. The van der Waals surface area contributed by atoms with Crippen molar-refractivity contribution in [2.75, 3.05) is 33.5 Å². The van der Waals surface area contributed by atoms with Crippen molar-refractivity contribution in [2.45, 2.75) is 242 Å². The molecule has 4 aliphatic heterocycles. The lowest BCUT2D eigenvalue weighted by atomic mass is 9.33. The van der Waals surface area contributed by atoms with E-state index in [1.165, 1.54) is 14.0 Å². The highest BCUT2D eigenvalue weighted by atomic mass is 16.8. The number of carboxylic acids is 1. The van der Waals surface area contributed by atoms with Gasteiger partial charge in [0, 0.05) is 17.9 Å². The number of esters is 3. The average Bonchev–Trinajstić information content (AvgIpc) is 0.672. The maximum Gasteiger partial charge on any atom is 0.335 e. The molecule has 4 saturated heterocycles. The maximum absolute atomic E-state index is 15.0. The van der Waals surface area contributed by atoms with Crippen LogP contribution in [0.25, 0.3) is 0 Å². The maximum atomic E-state index is 15.0. The number of aliphatic carboxylic acids is 1. The number of aliphatic hydroxyl groups is 12. The van der Waals surface area contributed by atoms with Gasteiger partial charge in [0.25, 0.3) is 0 Å². The van der Waals surface area contributed by atoms with Gasteiger partial charge in [-0.1, -0.05) is 52.3 Å². The summed E-state index contributed by atoms with van der Waals surface area (Å²) in [6.45, 7) is 13.9. The Morgan fingerprint density at radius 1 is 0.682 bits per heavy atom. The molecule has 28 nitrogen and oxygen atoms in total. The van der Waals surface area contributed by atoms with Crippen LogP contribution in [0.3, 0.4) is 0 Å². The number of carboxylic acid groups (broad SMARTS) is 1. The molecule has 0 bridgehead atoms. The summed E-state index contributed by atoms with van der Waals surface area (Å²) in [5, 5.41) is 145. The second-order valence-corrected chi connectivity index (χ2v) is 27.6. The van der Waals surface area contributed by atoms with Gasteiger partial charge in [0.2, 0.25) is 0 Å². The summed E-state index contributed by atoms with van der Waals surface area (Å²) in [5.41, 5.74) is -4.88. The summed E-state index contributed by atoms with van der Waals surface area (Å²) in [6.07, 6.45) is -34.4. The normalized spacial score (nSPS) is 50.2. The zero-order valence-corrected chi connectivity index (χ0v) is 51.3. The van der Waals surface area contributed by atoms with E-state index in [9.17, 15) is 85.6 Å². The fourth-order valence-electron chi connectivity index (χ4n) is 17.2. The molecule has 30 atom stereocenters. The van der Waals surface area contributed by atoms with Gasteiger partial charge in [-0.25, -0.2) is 9.59 Å². The Morgan fingerprint density at radius 3 is 1.93 bits per heavy atom. The third-order valence-electron chi connectivity index (χ3n) is 22.5. The van der Waals surface area contributed by atoms with E-state index in [0.29, 0.717) is 37.7 Å². The second-order valence-electron chi connectivity index (χ2n) is 27.6. The standard InChI is InChI=1S/C60H92O28/c1-11-24(2)49(76)88-47-46(73)60(23-81-25(3)62)27(18-55(47,4)5)26-12-13-31-56(6)16-15-34(59(9,54(77)78-10)32(56)14-17-57(31,7)58(26,8)19-33(60)65)83-53-45(87-51-40(71)38(69)37(68)30(20-61)82-51)42(41(72)43(85-53)48(74)75)84-52-44(36(67)29(64)22-80-52)86-50-39(70)35(66)28(63)21-79-50/h11-12,27-47,50-53,61,63-73H,13-23H2,1-10H3,(H,74,75)/b24-11-/t27-,28+,29-,30+,31-,32+,33+,34-,35-,36-,37-,38-,39+,40+,41-,42-,43-,44+,45+,46-,47-,50-,51-,52-,53+,56+,57+,58+,59-,60-/m0/s1. The van der Waals surface area contributed by atoms with Crippen molar-refractivity contribution in [2.24, 2.45) is 50.2 Å². The summed E-state index contributed by atoms with van der Waals surface area (Å²) in [4.78, 5) is 54.2. The zero-order chi connectivity index (χ0) is 64.9. The molecule has 0 aromatic rings. The topological polar surface area (TPSA) is 433 Å². The molecule has 0 spiro atoms. The van der Waals surface area contributed by atoms with E-state index in [4.69, 9.17) is 52.1 Å².